The molecule has 8 heteroatoms. The van der Waals surface area contributed by atoms with Gasteiger partial charge in [-0.3, -0.25) is 0 Å². The lowest BCUT2D eigenvalue weighted by molar-refractivity contribution is -0.275. The van der Waals surface area contributed by atoms with Gasteiger partial charge in [-0.1, -0.05) is 12.1 Å². The van der Waals surface area contributed by atoms with Gasteiger partial charge in [-0.2, -0.15) is 14.0 Å². The molecule has 0 saturated carbocycles. The largest absolute Gasteiger partial charge is 0.573 e. The number of rotatable bonds is 4. The molecule has 1 aromatic rings. The number of nitriles is 1. The van der Waals surface area contributed by atoms with Crippen molar-refractivity contribution >= 4 is 0 Å². The Morgan fingerprint density at radius 3 is 2.44 bits per heavy atom. The van der Waals surface area contributed by atoms with Crippen molar-refractivity contribution in [3.63, 3.8) is 0 Å². The van der Waals surface area contributed by atoms with Crippen LogP contribution in [-0.4, -0.2) is 13.0 Å². The monoisotopic (exact) mass is 267 g/mol. The average molecular weight is 267 g/mol. The maximum atomic E-state index is 12.1. The van der Waals surface area contributed by atoms with Crippen LogP contribution in [0.25, 0.3) is 0 Å². The summed E-state index contributed by atoms with van der Waals surface area (Å²) in [6, 6.07) is 4.84. The van der Waals surface area contributed by atoms with Crippen molar-refractivity contribution in [2.45, 2.75) is 19.4 Å². The van der Waals surface area contributed by atoms with Crippen LogP contribution in [0.3, 0.4) is 0 Å². The van der Waals surface area contributed by atoms with Gasteiger partial charge in [0.1, 0.15) is 0 Å². The first-order valence-corrected chi connectivity index (χ1v) is 4.53. The van der Waals surface area contributed by atoms with Crippen LogP contribution in [0.15, 0.2) is 18.2 Å². The summed E-state index contributed by atoms with van der Waals surface area (Å²) in [7, 11) is 0. The Balaban J connectivity index is 3.17. The van der Waals surface area contributed by atoms with E-state index in [2.05, 4.69) is 9.47 Å². The fourth-order valence-corrected chi connectivity index (χ4v) is 1.21. The molecule has 0 amide bonds. The van der Waals surface area contributed by atoms with E-state index < -0.39 is 30.9 Å². The van der Waals surface area contributed by atoms with Crippen molar-refractivity contribution in [1.29, 1.82) is 5.26 Å². The molecule has 0 aliphatic rings. The number of alkyl halides is 5. The first-order chi connectivity index (χ1) is 8.33. The van der Waals surface area contributed by atoms with E-state index in [1.165, 1.54) is 6.07 Å². The van der Waals surface area contributed by atoms with E-state index in [9.17, 15) is 22.0 Å². The number of halogens is 5. The van der Waals surface area contributed by atoms with Gasteiger partial charge < -0.3 is 9.47 Å². The first kappa shape index (κ1) is 14.0. The molecule has 0 saturated heterocycles. The molecule has 3 nitrogen and oxygen atoms in total. The minimum atomic E-state index is -5.06. The highest BCUT2D eigenvalue weighted by Gasteiger charge is 2.34. The summed E-state index contributed by atoms with van der Waals surface area (Å²) in [5.41, 5.74) is -0.187. The zero-order valence-electron chi connectivity index (χ0n) is 8.67. The molecule has 0 radical (unpaired) electrons. The molecule has 0 aromatic heterocycles. The summed E-state index contributed by atoms with van der Waals surface area (Å²) in [5, 5.41) is 8.44. The Kier molecular flexibility index (Phi) is 4.31. The third-order valence-electron chi connectivity index (χ3n) is 1.76. The molecule has 0 heterocycles. The minimum Gasteiger partial charge on any atom is -0.431 e. The van der Waals surface area contributed by atoms with Gasteiger partial charge in [-0.05, 0) is 6.07 Å². The fraction of sp³-hybridized carbons (Fsp3) is 0.300. The Bertz CT molecular complexity index is 453. The molecular weight excluding hydrogens is 261 g/mol. The number of ether oxygens (including phenoxy) is 2. The van der Waals surface area contributed by atoms with Gasteiger partial charge in [-0.25, -0.2) is 0 Å². The lowest BCUT2D eigenvalue weighted by Gasteiger charge is -2.16. The highest BCUT2D eigenvalue weighted by Crippen LogP contribution is 2.36. The van der Waals surface area contributed by atoms with Crippen molar-refractivity contribution in [3.05, 3.63) is 23.8 Å². The molecule has 0 bridgehead atoms. The third kappa shape index (κ3) is 4.08. The van der Waals surface area contributed by atoms with Gasteiger partial charge in [-0.15, -0.1) is 13.2 Å². The number of benzene rings is 1. The van der Waals surface area contributed by atoms with Crippen molar-refractivity contribution in [3.8, 4) is 17.6 Å². The Morgan fingerprint density at radius 2 is 1.94 bits per heavy atom. The van der Waals surface area contributed by atoms with Crippen LogP contribution >= 0.6 is 0 Å². The second-order valence-electron chi connectivity index (χ2n) is 3.01. The molecule has 1 rings (SSSR count). The maximum absolute atomic E-state index is 12.1. The van der Waals surface area contributed by atoms with E-state index in [0.29, 0.717) is 0 Å². The molecule has 0 aliphatic carbocycles. The highest BCUT2D eigenvalue weighted by molar-refractivity contribution is 5.47. The summed E-state index contributed by atoms with van der Waals surface area (Å²) in [6.07, 6.45) is -5.49. The molecule has 1 aromatic carbocycles. The van der Waals surface area contributed by atoms with E-state index in [-0.39, 0.29) is 5.56 Å². The second-order valence-corrected chi connectivity index (χ2v) is 3.01. The Hall–Kier alpha value is -2.04. The quantitative estimate of drug-likeness (QED) is 0.786. The van der Waals surface area contributed by atoms with Crippen LogP contribution in [0.4, 0.5) is 22.0 Å². The van der Waals surface area contributed by atoms with Gasteiger partial charge in [0.05, 0.1) is 12.5 Å². The van der Waals surface area contributed by atoms with Crippen LogP contribution in [0, 0.1) is 11.3 Å². The molecular formula is C10H6F5NO2. The van der Waals surface area contributed by atoms with Crippen molar-refractivity contribution < 1.29 is 31.4 Å². The van der Waals surface area contributed by atoms with Crippen molar-refractivity contribution in [2.75, 3.05) is 0 Å². The molecule has 0 aliphatic heterocycles. The molecule has 18 heavy (non-hydrogen) atoms. The van der Waals surface area contributed by atoms with E-state index >= 15 is 0 Å². The topological polar surface area (TPSA) is 42.2 Å². The van der Waals surface area contributed by atoms with Gasteiger partial charge in [0.15, 0.2) is 11.5 Å². The predicted octanol–water partition coefficient (Wildman–Crippen LogP) is 3.25. The van der Waals surface area contributed by atoms with E-state index in [1.54, 1.807) is 6.07 Å². The fourth-order valence-electron chi connectivity index (χ4n) is 1.21. The summed E-state index contributed by atoms with van der Waals surface area (Å²) in [6.45, 7) is -3.29. The zero-order valence-corrected chi connectivity index (χ0v) is 8.67. The summed E-state index contributed by atoms with van der Waals surface area (Å²) >= 11 is 0. The average Bonchev–Trinajstić information content (AvgIpc) is 2.20. The number of nitrogens with zero attached hydrogens (tertiary/aromatic N) is 1. The SMILES string of the molecule is N#CCc1cccc(OC(F)F)c1OC(F)(F)F. The molecule has 0 fully saturated rings. The van der Waals surface area contributed by atoms with Crippen molar-refractivity contribution in [1.82, 2.24) is 0 Å². The normalized spacial score (nSPS) is 11.2. The second kappa shape index (κ2) is 5.53. The summed E-state index contributed by atoms with van der Waals surface area (Å²) in [5.74, 6) is -1.69. The lowest BCUT2D eigenvalue weighted by atomic mass is 10.1. The molecule has 98 valence electrons. The van der Waals surface area contributed by atoms with E-state index in [4.69, 9.17) is 5.26 Å². The summed E-state index contributed by atoms with van der Waals surface area (Å²) < 4.78 is 68.0. The zero-order chi connectivity index (χ0) is 13.8. The molecule has 0 N–H and O–H groups in total. The van der Waals surface area contributed by atoms with Gasteiger partial charge in [0, 0.05) is 5.56 Å². The third-order valence-corrected chi connectivity index (χ3v) is 1.76. The van der Waals surface area contributed by atoms with Gasteiger partial charge >= 0.3 is 13.0 Å². The number of hydrogen-bond acceptors (Lipinski definition) is 3. The van der Waals surface area contributed by atoms with Gasteiger partial charge in [0.25, 0.3) is 0 Å². The van der Waals surface area contributed by atoms with E-state index in [0.717, 1.165) is 12.1 Å². The number of hydrogen-bond donors (Lipinski definition) is 0. The van der Waals surface area contributed by atoms with Crippen LogP contribution < -0.4 is 9.47 Å². The maximum Gasteiger partial charge on any atom is 0.573 e. The lowest BCUT2D eigenvalue weighted by Crippen LogP contribution is -2.19. The molecule has 0 atom stereocenters. The van der Waals surface area contributed by atoms with Crippen molar-refractivity contribution in [2.24, 2.45) is 0 Å². The van der Waals surface area contributed by atoms with Crippen LogP contribution in [0.5, 0.6) is 11.5 Å². The van der Waals surface area contributed by atoms with Crippen LogP contribution in [-0.2, 0) is 6.42 Å². The summed E-state index contributed by atoms with van der Waals surface area (Å²) in [4.78, 5) is 0. The Labute approximate surface area is 98.3 Å². The predicted molar refractivity (Wildman–Crippen MR) is 49.1 cm³/mol. The van der Waals surface area contributed by atoms with E-state index in [1.807, 2.05) is 0 Å². The number of para-hydroxylation sites is 1. The van der Waals surface area contributed by atoms with Crippen LogP contribution in [0.1, 0.15) is 5.56 Å². The van der Waals surface area contributed by atoms with Gasteiger partial charge in [0.2, 0.25) is 0 Å². The standard InChI is InChI=1S/C10H6F5NO2/c11-9(12)17-7-3-1-2-6(4-5-16)8(7)18-10(13,14)15/h1-3,9H,4H2. The first-order valence-electron chi connectivity index (χ1n) is 4.53. The smallest absolute Gasteiger partial charge is 0.431 e. The van der Waals surface area contributed by atoms with Crippen LogP contribution in [0.2, 0.25) is 0 Å². The highest BCUT2D eigenvalue weighted by atomic mass is 19.4. The molecule has 0 unspecified atom stereocenters. The molecule has 0 spiro atoms. The Morgan fingerprint density at radius 1 is 1.28 bits per heavy atom. The minimum absolute atomic E-state index is 0.187.